The van der Waals surface area contributed by atoms with Gasteiger partial charge in [0.05, 0.1) is 40.4 Å². The number of nitrogens with zero attached hydrogens (tertiary/aromatic N) is 1. The number of likely N-dealkylation sites (N-methyl/N-ethyl adjacent to an activating group) is 1. The van der Waals surface area contributed by atoms with Gasteiger partial charge in [-0.25, -0.2) is 4.79 Å². The first-order chi connectivity index (χ1) is 12.0. The van der Waals surface area contributed by atoms with Crippen molar-refractivity contribution in [2.75, 3.05) is 27.7 Å². The molecule has 0 saturated heterocycles. The predicted octanol–water partition coefficient (Wildman–Crippen LogP) is -1.53. The SMILES string of the molecule is CC(=O)O[C@H](CC(=O)O)C[N+](C)(C)C.O=C(O)CC(O)(CC(=O)O)C(=O)O.[Mg+2]. The Kier molecular flexibility index (Phi) is 14.6. The Labute approximate surface area is 177 Å². The molecule has 0 aromatic carbocycles. The maximum Gasteiger partial charge on any atom is 2.00 e. The molecule has 0 saturated carbocycles. The fourth-order valence-electron chi connectivity index (χ4n) is 1.90. The Morgan fingerprint density at radius 2 is 1.29 bits per heavy atom. The van der Waals surface area contributed by atoms with Gasteiger partial charge in [0, 0.05) is 6.92 Å². The van der Waals surface area contributed by atoms with Crippen molar-refractivity contribution in [2.24, 2.45) is 0 Å². The van der Waals surface area contributed by atoms with Gasteiger partial charge < -0.3 is 34.8 Å². The first kappa shape index (κ1) is 30.8. The van der Waals surface area contributed by atoms with Gasteiger partial charge in [-0.15, -0.1) is 0 Å². The number of rotatable bonds is 10. The molecule has 0 fully saturated rings. The second kappa shape index (κ2) is 13.3. The van der Waals surface area contributed by atoms with Crippen LogP contribution >= 0.6 is 0 Å². The number of ether oxygens (including phenoxy) is 1. The number of carboxylic acid groups (broad SMARTS) is 4. The molecule has 0 aliphatic carbocycles. The van der Waals surface area contributed by atoms with Crippen LogP contribution in [0.15, 0.2) is 0 Å². The molecule has 0 heterocycles. The summed E-state index contributed by atoms with van der Waals surface area (Å²) in [5.74, 6) is -6.41. The summed E-state index contributed by atoms with van der Waals surface area (Å²) in [6.45, 7) is 1.77. The van der Waals surface area contributed by atoms with E-state index in [1.54, 1.807) is 0 Å². The number of hydrogen-bond donors (Lipinski definition) is 5. The maximum absolute atomic E-state index is 10.7. The molecule has 0 aliphatic heterocycles. The van der Waals surface area contributed by atoms with Crippen LogP contribution in [0.1, 0.15) is 26.2 Å². The van der Waals surface area contributed by atoms with E-state index in [4.69, 9.17) is 30.3 Å². The maximum atomic E-state index is 10.7. The second-order valence-corrected chi connectivity index (χ2v) is 6.78. The van der Waals surface area contributed by atoms with Crippen LogP contribution in [0.5, 0.6) is 0 Å². The average molecular weight is 421 g/mol. The van der Waals surface area contributed by atoms with Gasteiger partial charge >= 0.3 is 52.9 Å². The Morgan fingerprint density at radius 1 is 0.893 bits per heavy atom. The van der Waals surface area contributed by atoms with Crippen molar-refractivity contribution < 1.29 is 58.7 Å². The van der Waals surface area contributed by atoms with E-state index in [2.05, 4.69) is 0 Å². The minimum atomic E-state index is -2.74. The van der Waals surface area contributed by atoms with Crippen LogP contribution in [0.3, 0.4) is 0 Å². The largest absolute Gasteiger partial charge is 2.00 e. The van der Waals surface area contributed by atoms with Crippen LogP contribution < -0.4 is 0 Å². The molecule has 0 radical (unpaired) electrons. The minimum Gasteiger partial charge on any atom is -0.481 e. The third kappa shape index (κ3) is 17.5. The molecule has 0 spiro atoms. The van der Waals surface area contributed by atoms with E-state index < -0.39 is 54.4 Å². The zero-order chi connectivity index (χ0) is 22.0. The topological polar surface area (TPSA) is 196 Å². The molecular formula is C15H26MgNO11+3. The molecule has 0 aliphatic rings. The fraction of sp³-hybridized carbons (Fsp3) is 0.667. The first-order valence-electron chi connectivity index (χ1n) is 7.57. The summed E-state index contributed by atoms with van der Waals surface area (Å²) in [7, 11) is 5.75. The van der Waals surface area contributed by atoms with E-state index >= 15 is 0 Å². The van der Waals surface area contributed by atoms with Gasteiger partial charge in [0.1, 0.15) is 6.54 Å². The van der Waals surface area contributed by atoms with Gasteiger partial charge in [-0.1, -0.05) is 0 Å². The van der Waals surface area contributed by atoms with Crippen LogP contribution in [-0.4, -0.2) is 122 Å². The third-order valence-electron chi connectivity index (χ3n) is 2.77. The molecule has 28 heavy (non-hydrogen) atoms. The predicted molar refractivity (Wildman–Crippen MR) is 93.6 cm³/mol. The van der Waals surface area contributed by atoms with Crippen molar-refractivity contribution in [3.05, 3.63) is 0 Å². The number of quaternary nitrogens is 1. The van der Waals surface area contributed by atoms with Gasteiger partial charge in [-0.2, -0.15) is 0 Å². The quantitative estimate of drug-likeness (QED) is 0.156. The number of carbonyl (C=O) groups excluding carboxylic acids is 1. The summed E-state index contributed by atoms with van der Waals surface area (Å²) in [4.78, 5) is 51.7. The smallest absolute Gasteiger partial charge is 0.481 e. The molecule has 5 N–H and O–H groups in total. The van der Waals surface area contributed by atoms with Gasteiger partial charge in [-0.3, -0.25) is 19.2 Å². The standard InChI is InChI=1S/C9H17NO4.C6H8O7.Mg/c1-7(11)14-8(5-9(12)13)6-10(2,3)4;7-3(8)1-6(13,5(11)12)2-4(9)10;/h8H,5-6H2,1-4H3;13H,1-2H2,(H,7,8)(H,9,10)(H,11,12);/q;;+2/p+1/t8-;;/m1../s1. The Balaban J connectivity index is -0.000000432. The van der Waals surface area contributed by atoms with Gasteiger partial charge in [-0.05, 0) is 0 Å². The second-order valence-electron chi connectivity index (χ2n) is 6.78. The molecular weight excluding hydrogens is 394 g/mol. The fourth-order valence-corrected chi connectivity index (χ4v) is 1.90. The van der Waals surface area contributed by atoms with Crippen LogP contribution in [0.4, 0.5) is 0 Å². The number of aliphatic hydroxyl groups is 1. The number of aliphatic carboxylic acids is 4. The van der Waals surface area contributed by atoms with Crippen molar-refractivity contribution in [1.82, 2.24) is 0 Å². The van der Waals surface area contributed by atoms with Crippen LogP contribution in [0.2, 0.25) is 0 Å². The first-order valence-corrected chi connectivity index (χ1v) is 7.57. The molecule has 0 aromatic rings. The van der Waals surface area contributed by atoms with Gasteiger partial charge in [0.25, 0.3) is 0 Å². The van der Waals surface area contributed by atoms with E-state index in [0.29, 0.717) is 11.0 Å². The zero-order valence-corrected chi connectivity index (χ0v) is 17.7. The molecule has 0 amide bonds. The summed E-state index contributed by atoms with van der Waals surface area (Å²) >= 11 is 0. The number of carboxylic acids is 4. The molecule has 0 aromatic heterocycles. The van der Waals surface area contributed by atoms with Gasteiger partial charge in [0.2, 0.25) is 0 Å². The van der Waals surface area contributed by atoms with Crippen LogP contribution in [0, 0.1) is 0 Å². The number of esters is 1. The molecule has 0 unspecified atom stereocenters. The van der Waals surface area contributed by atoms with Crippen molar-refractivity contribution in [3.8, 4) is 0 Å². The van der Waals surface area contributed by atoms with E-state index in [1.165, 1.54) is 6.92 Å². The normalized spacial score (nSPS) is 11.8. The van der Waals surface area contributed by atoms with Crippen molar-refractivity contribution in [1.29, 1.82) is 0 Å². The zero-order valence-electron chi connectivity index (χ0n) is 16.2. The van der Waals surface area contributed by atoms with E-state index in [-0.39, 0.29) is 29.5 Å². The molecule has 156 valence electrons. The van der Waals surface area contributed by atoms with Gasteiger partial charge in [0.15, 0.2) is 11.7 Å². The van der Waals surface area contributed by atoms with E-state index in [9.17, 15) is 24.0 Å². The van der Waals surface area contributed by atoms with Crippen LogP contribution in [0.25, 0.3) is 0 Å². The molecule has 1 atom stereocenters. The monoisotopic (exact) mass is 420 g/mol. The number of carbonyl (C=O) groups is 5. The average Bonchev–Trinajstić information content (AvgIpc) is 2.32. The summed E-state index contributed by atoms with van der Waals surface area (Å²) < 4.78 is 5.46. The van der Waals surface area contributed by atoms with E-state index in [1.807, 2.05) is 21.1 Å². The van der Waals surface area contributed by atoms with Crippen molar-refractivity contribution in [2.45, 2.75) is 37.9 Å². The molecule has 0 bridgehead atoms. The summed E-state index contributed by atoms with van der Waals surface area (Å²) in [6, 6.07) is 0. The summed E-state index contributed by atoms with van der Waals surface area (Å²) in [5.41, 5.74) is -2.74. The van der Waals surface area contributed by atoms with Crippen LogP contribution in [-0.2, 0) is 28.7 Å². The number of hydrogen-bond acceptors (Lipinski definition) is 7. The van der Waals surface area contributed by atoms with Crippen molar-refractivity contribution >= 4 is 52.9 Å². The van der Waals surface area contributed by atoms with Crippen molar-refractivity contribution in [3.63, 3.8) is 0 Å². The molecule has 13 heteroatoms. The molecule has 0 rings (SSSR count). The Bertz CT molecular complexity index is 539. The molecule has 12 nitrogen and oxygen atoms in total. The third-order valence-corrected chi connectivity index (χ3v) is 2.77. The van der Waals surface area contributed by atoms with E-state index in [0.717, 1.165) is 0 Å². The Morgan fingerprint density at radius 3 is 1.50 bits per heavy atom. The minimum absolute atomic E-state index is 0. The summed E-state index contributed by atoms with van der Waals surface area (Å²) in [5, 5.41) is 42.4. The summed E-state index contributed by atoms with van der Waals surface area (Å²) in [6.07, 6.45) is -2.98. The Hall–Kier alpha value is -1.96.